The molecule has 1 fully saturated rings. The lowest BCUT2D eigenvalue weighted by molar-refractivity contribution is -0.384. The molecule has 0 atom stereocenters. The Morgan fingerprint density at radius 2 is 1.95 bits per heavy atom. The van der Waals surface area contributed by atoms with Crippen molar-refractivity contribution in [2.45, 2.75) is 6.42 Å². The van der Waals surface area contributed by atoms with Gasteiger partial charge >= 0.3 is 6.09 Å². The molecular formula is C30H29N7O7. The third kappa shape index (κ3) is 6.07. The highest BCUT2D eigenvalue weighted by atomic mass is 16.6. The largest absolute Gasteiger partial charge is 0.493 e. The fourth-order valence-electron chi connectivity index (χ4n) is 5.09. The molecule has 0 saturated carbocycles. The molecule has 2 N–H and O–H groups in total. The van der Waals surface area contributed by atoms with Crippen molar-refractivity contribution in [2.75, 3.05) is 51.9 Å². The van der Waals surface area contributed by atoms with E-state index in [1.165, 1.54) is 18.3 Å². The third-order valence-corrected chi connectivity index (χ3v) is 7.29. The molecule has 1 aliphatic rings. The first kappa shape index (κ1) is 28.8. The minimum atomic E-state index is -1.18. The molecule has 2 aromatic heterocycles. The van der Waals surface area contributed by atoms with Crippen LogP contribution in [0.4, 0.5) is 22.0 Å². The molecule has 226 valence electrons. The molecule has 6 rings (SSSR count). The Morgan fingerprint density at radius 1 is 1.11 bits per heavy atom. The number of anilines is 2. The quantitative estimate of drug-likeness (QED) is 0.126. The Morgan fingerprint density at radius 3 is 2.73 bits per heavy atom. The lowest BCUT2D eigenvalue weighted by Gasteiger charge is -2.26. The van der Waals surface area contributed by atoms with Crippen LogP contribution in [0.1, 0.15) is 6.42 Å². The summed E-state index contributed by atoms with van der Waals surface area (Å²) in [4.78, 5) is 34.3. The topological polar surface area (TPSA) is 167 Å². The number of ether oxygens (including phenoxy) is 3. The Labute approximate surface area is 250 Å². The first-order valence-corrected chi connectivity index (χ1v) is 14.0. The van der Waals surface area contributed by atoms with Crippen molar-refractivity contribution in [2.24, 2.45) is 0 Å². The maximum atomic E-state index is 11.5. The number of carboxylic acid groups (broad SMARTS) is 1. The number of aromatic nitrogens is 4. The van der Waals surface area contributed by atoms with Crippen LogP contribution in [-0.2, 0) is 4.74 Å². The van der Waals surface area contributed by atoms with Crippen LogP contribution in [0.3, 0.4) is 0 Å². The number of nitro benzene ring substituents is 1. The molecule has 0 radical (unpaired) electrons. The van der Waals surface area contributed by atoms with Gasteiger partial charge in [-0.05, 0) is 30.7 Å². The molecule has 44 heavy (non-hydrogen) atoms. The number of nitrogens with zero attached hydrogens (tertiary/aromatic N) is 6. The van der Waals surface area contributed by atoms with Gasteiger partial charge in [-0.15, -0.1) is 0 Å². The summed E-state index contributed by atoms with van der Waals surface area (Å²) in [6.45, 7) is 4.65. The highest BCUT2D eigenvalue weighted by molar-refractivity contribution is 5.96. The highest BCUT2D eigenvalue weighted by Gasteiger charge is 2.18. The van der Waals surface area contributed by atoms with E-state index < -0.39 is 11.0 Å². The van der Waals surface area contributed by atoms with Crippen LogP contribution in [0.25, 0.3) is 33.2 Å². The van der Waals surface area contributed by atoms with Crippen LogP contribution in [-0.4, -0.2) is 87.3 Å². The average molecular weight is 600 g/mol. The summed E-state index contributed by atoms with van der Waals surface area (Å²) >= 11 is 0. The summed E-state index contributed by atoms with van der Waals surface area (Å²) in [7, 11) is 1.55. The van der Waals surface area contributed by atoms with E-state index in [1.54, 1.807) is 43.5 Å². The first-order chi connectivity index (χ1) is 21.4. The smallest absolute Gasteiger partial charge is 0.432 e. The number of carbonyl (C=O) groups is 1. The van der Waals surface area contributed by atoms with Gasteiger partial charge in [0.05, 0.1) is 49.1 Å². The van der Waals surface area contributed by atoms with Gasteiger partial charge in [0.2, 0.25) is 0 Å². The molecule has 0 spiro atoms. The van der Waals surface area contributed by atoms with Crippen LogP contribution >= 0.6 is 0 Å². The van der Waals surface area contributed by atoms with Crippen molar-refractivity contribution in [3.63, 3.8) is 0 Å². The van der Waals surface area contributed by atoms with Gasteiger partial charge in [0.1, 0.15) is 5.82 Å². The number of nitro groups is 1. The van der Waals surface area contributed by atoms with Crippen LogP contribution < -0.4 is 14.8 Å². The standard InChI is InChI=1S/C30H29N7O7/c1-42-26-17-24-23(16-27(26)44-11-3-8-35-9-12-43-13-10-35)29(34-28(33-24)19-4-2-5-22(15-19)37(40)41)32-21-6-7-25-20(14-21)18-31-36(25)30(38)39/h2,4-7,14-18H,3,8-13H2,1H3,(H,38,39)(H,32,33,34). The predicted octanol–water partition coefficient (Wildman–Crippen LogP) is 4.93. The summed E-state index contributed by atoms with van der Waals surface area (Å²) in [6, 6.07) is 14.8. The molecule has 14 nitrogen and oxygen atoms in total. The Hall–Kier alpha value is -5.34. The number of fused-ring (bicyclic) bond motifs is 2. The van der Waals surface area contributed by atoms with Gasteiger partial charge < -0.3 is 24.6 Å². The Bertz CT molecular complexity index is 1850. The summed E-state index contributed by atoms with van der Waals surface area (Å²) in [5.74, 6) is 1.70. The van der Waals surface area contributed by atoms with Crippen LogP contribution in [0.15, 0.2) is 60.8 Å². The highest BCUT2D eigenvalue weighted by Crippen LogP contribution is 2.37. The van der Waals surface area contributed by atoms with E-state index in [9.17, 15) is 20.0 Å². The summed E-state index contributed by atoms with van der Waals surface area (Å²) in [5, 5.41) is 29.3. The number of hydrogen-bond donors (Lipinski definition) is 2. The Balaban J connectivity index is 1.37. The van der Waals surface area contributed by atoms with Gasteiger partial charge in [-0.1, -0.05) is 12.1 Å². The van der Waals surface area contributed by atoms with Crippen LogP contribution in [0, 0.1) is 10.1 Å². The van der Waals surface area contributed by atoms with E-state index in [2.05, 4.69) is 15.3 Å². The molecular weight excluding hydrogens is 570 g/mol. The second-order valence-corrected chi connectivity index (χ2v) is 10.1. The zero-order valence-corrected chi connectivity index (χ0v) is 23.8. The minimum absolute atomic E-state index is 0.0833. The van der Waals surface area contributed by atoms with Crippen molar-refractivity contribution in [3.05, 3.63) is 70.9 Å². The van der Waals surface area contributed by atoms with E-state index in [0.717, 1.165) is 44.0 Å². The molecule has 0 amide bonds. The average Bonchev–Trinajstić information content (AvgIpc) is 3.47. The molecule has 5 aromatic rings. The number of rotatable bonds is 10. The Kier molecular flexibility index (Phi) is 8.16. The molecule has 3 heterocycles. The lowest BCUT2D eigenvalue weighted by atomic mass is 10.1. The van der Waals surface area contributed by atoms with E-state index in [0.29, 0.717) is 57.0 Å². The molecule has 14 heteroatoms. The first-order valence-electron chi connectivity index (χ1n) is 14.0. The fraction of sp³-hybridized carbons (Fsp3) is 0.267. The molecule has 3 aromatic carbocycles. The zero-order chi connectivity index (χ0) is 30.6. The van der Waals surface area contributed by atoms with E-state index in [4.69, 9.17) is 24.2 Å². The minimum Gasteiger partial charge on any atom is -0.493 e. The maximum absolute atomic E-state index is 11.5. The van der Waals surface area contributed by atoms with Crippen LogP contribution in [0.5, 0.6) is 11.5 Å². The molecule has 0 unspecified atom stereocenters. The van der Waals surface area contributed by atoms with Gasteiger partial charge in [0.25, 0.3) is 5.69 Å². The summed E-state index contributed by atoms with van der Waals surface area (Å²) < 4.78 is 18.1. The summed E-state index contributed by atoms with van der Waals surface area (Å²) in [6.07, 6.45) is 1.10. The second kappa shape index (κ2) is 12.5. The molecule has 1 aliphatic heterocycles. The van der Waals surface area contributed by atoms with Gasteiger partial charge in [-0.25, -0.2) is 14.8 Å². The summed E-state index contributed by atoms with van der Waals surface area (Å²) in [5.41, 5.74) is 1.97. The fourth-order valence-corrected chi connectivity index (χ4v) is 5.09. The molecule has 1 saturated heterocycles. The lowest BCUT2D eigenvalue weighted by Crippen LogP contribution is -2.37. The van der Waals surface area contributed by atoms with Crippen molar-refractivity contribution < 1.29 is 29.0 Å². The number of morpholine rings is 1. The number of benzene rings is 3. The van der Waals surface area contributed by atoms with Crippen molar-refractivity contribution >= 4 is 45.1 Å². The van der Waals surface area contributed by atoms with E-state index >= 15 is 0 Å². The van der Waals surface area contributed by atoms with Crippen molar-refractivity contribution in [3.8, 4) is 22.9 Å². The van der Waals surface area contributed by atoms with Crippen LogP contribution in [0.2, 0.25) is 0 Å². The van der Waals surface area contributed by atoms with Gasteiger partial charge in [0.15, 0.2) is 17.3 Å². The molecule has 0 aliphatic carbocycles. The normalized spacial score (nSPS) is 13.7. The third-order valence-electron chi connectivity index (χ3n) is 7.29. The van der Waals surface area contributed by atoms with Crippen molar-refractivity contribution in [1.82, 2.24) is 24.6 Å². The van der Waals surface area contributed by atoms with E-state index in [1.807, 2.05) is 6.07 Å². The zero-order valence-electron chi connectivity index (χ0n) is 23.8. The van der Waals surface area contributed by atoms with Gasteiger partial charge in [-0.3, -0.25) is 15.0 Å². The number of nitrogens with one attached hydrogen (secondary N) is 1. The number of methoxy groups -OCH3 is 1. The number of hydrogen-bond acceptors (Lipinski definition) is 11. The van der Waals surface area contributed by atoms with Gasteiger partial charge in [0, 0.05) is 59.9 Å². The SMILES string of the molecule is COc1cc2nc(-c3cccc([N+](=O)[O-])c3)nc(Nc3ccc4c(cnn4C(=O)O)c3)c2cc1OCCCN1CCOCC1. The van der Waals surface area contributed by atoms with E-state index in [-0.39, 0.29) is 11.5 Å². The molecule has 0 bridgehead atoms. The maximum Gasteiger partial charge on any atom is 0.432 e. The predicted molar refractivity (Wildman–Crippen MR) is 162 cm³/mol. The van der Waals surface area contributed by atoms with Crippen molar-refractivity contribution in [1.29, 1.82) is 0 Å². The van der Waals surface area contributed by atoms with Gasteiger partial charge in [-0.2, -0.15) is 9.78 Å². The number of non-ortho nitro benzene ring substituents is 1. The second-order valence-electron chi connectivity index (χ2n) is 10.1. The monoisotopic (exact) mass is 599 g/mol.